The number of nitrogens with one attached hydrogen (secondary N) is 2. The molecule has 0 amide bonds. The van der Waals surface area contributed by atoms with Crippen molar-refractivity contribution in [2.75, 3.05) is 0 Å². The van der Waals surface area contributed by atoms with E-state index in [1.807, 2.05) is 0 Å². The topological polar surface area (TPSA) is 57.4 Å². The minimum Gasteiger partial charge on any atom is -0.354 e. The maximum Gasteiger partial charge on any atom is 0.460 e. The van der Waals surface area contributed by atoms with Gasteiger partial charge in [0.1, 0.15) is 0 Å². The van der Waals surface area contributed by atoms with Crippen LogP contribution in [0.1, 0.15) is 50.6 Å². The van der Waals surface area contributed by atoms with Crippen LogP contribution < -0.4 is 0 Å². The zero-order chi connectivity index (χ0) is 56.2. The molecule has 0 saturated heterocycles. The quantitative estimate of drug-likeness (QED) is 0.156. The smallest absolute Gasteiger partial charge is 0.354 e. The van der Waals surface area contributed by atoms with Gasteiger partial charge >= 0.3 is 48.6 Å². The fraction of sp³-hybridized carbons (Fsp3) is 0.154. The molecule has 0 saturated carbocycles. The van der Waals surface area contributed by atoms with Crippen LogP contribution in [0.3, 0.4) is 0 Å². The number of halogens is 21. The first-order valence-corrected chi connectivity index (χ1v) is 21.7. The molecule has 9 rings (SSSR count). The van der Waals surface area contributed by atoms with Crippen LogP contribution in [0.2, 0.25) is 0 Å². The zero-order valence-electron chi connectivity index (χ0n) is 37.6. The van der Waals surface area contributed by atoms with Crippen molar-refractivity contribution in [1.82, 2.24) is 19.9 Å². The number of aromatic amines is 2. The van der Waals surface area contributed by atoms with Crippen LogP contribution in [-0.4, -0.2) is 38.0 Å². The van der Waals surface area contributed by atoms with Crippen LogP contribution in [0, 0.1) is 0 Å². The van der Waals surface area contributed by atoms with E-state index in [0.29, 0.717) is 60.7 Å². The minimum atomic E-state index is -7.55. The van der Waals surface area contributed by atoms with Gasteiger partial charge in [-0.25, -0.2) is 9.97 Å². The summed E-state index contributed by atoms with van der Waals surface area (Å²) >= 11 is 0. The molecule has 0 atom stereocenters. The lowest BCUT2D eigenvalue weighted by atomic mass is 9.93. The van der Waals surface area contributed by atoms with Crippen molar-refractivity contribution in [1.29, 1.82) is 0 Å². The normalized spacial score (nSPS) is 13.9. The predicted octanol–water partition coefficient (Wildman–Crippen LogP) is 18.3. The van der Waals surface area contributed by atoms with Crippen molar-refractivity contribution in [2.24, 2.45) is 0 Å². The second-order valence-corrected chi connectivity index (χ2v) is 17.2. The highest BCUT2D eigenvalue weighted by atomic mass is 19.4. The Bertz CT molecular complexity index is 3660. The number of alkyl halides is 21. The maximum atomic E-state index is 16.9. The summed E-state index contributed by atoms with van der Waals surface area (Å²) in [4.78, 5) is 14.2. The molecule has 2 N–H and O–H groups in total. The molecule has 3 aromatic heterocycles. The van der Waals surface area contributed by atoms with Gasteiger partial charge in [-0.3, -0.25) is 0 Å². The highest BCUT2D eigenvalue weighted by molar-refractivity contribution is 6.01. The number of benzene rings is 4. The Kier molecular flexibility index (Phi) is 12.6. The monoisotopic (exact) mass is 1100 g/mol. The second-order valence-electron chi connectivity index (χ2n) is 17.2. The van der Waals surface area contributed by atoms with Crippen LogP contribution in [0.15, 0.2) is 115 Å². The molecule has 0 aliphatic carbocycles. The number of hydrogen-bond donors (Lipinski definition) is 2. The molecule has 7 aromatic rings. The Hall–Kier alpha value is -7.99. The van der Waals surface area contributed by atoms with Crippen LogP contribution in [0.4, 0.5) is 92.2 Å². The Balaban J connectivity index is 1.53. The number of H-pyrrole nitrogens is 2. The first-order chi connectivity index (χ1) is 35.6. The van der Waals surface area contributed by atoms with Gasteiger partial charge in [0.15, 0.2) is 0 Å². The summed E-state index contributed by atoms with van der Waals surface area (Å²) in [5.74, 6) is -21.7. The number of aromatic nitrogens is 4. The van der Waals surface area contributed by atoms with Gasteiger partial charge in [-0.1, -0.05) is 48.5 Å². The van der Waals surface area contributed by atoms with Gasteiger partial charge in [0.2, 0.25) is 0 Å². The maximum absolute atomic E-state index is 16.9. The molecule has 4 aromatic carbocycles. The molecular formula is C52H25F21N4. The van der Waals surface area contributed by atoms with Gasteiger partial charge in [-0.05, 0) is 113 Å². The average Bonchev–Trinajstić information content (AvgIpc) is 4.26. The number of fused-ring (bicyclic) bond motifs is 8. The van der Waals surface area contributed by atoms with E-state index in [2.05, 4.69) is 19.9 Å². The van der Waals surface area contributed by atoms with Gasteiger partial charge in [0.05, 0.1) is 56.1 Å². The van der Waals surface area contributed by atoms with Crippen LogP contribution in [0.25, 0.3) is 90.9 Å². The van der Waals surface area contributed by atoms with Gasteiger partial charge in [-0.2, -0.15) is 92.2 Å². The molecule has 2 aliphatic rings. The van der Waals surface area contributed by atoms with Crippen molar-refractivity contribution in [3.63, 3.8) is 0 Å². The molecule has 2 aliphatic heterocycles. The molecule has 0 unspecified atom stereocenters. The molecular weight excluding hydrogens is 1080 g/mol. The Morgan fingerprint density at radius 1 is 0.299 bits per heavy atom. The van der Waals surface area contributed by atoms with E-state index in [4.69, 9.17) is 0 Å². The molecule has 8 bridgehead atoms. The van der Waals surface area contributed by atoms with E-state index in [1.54, 1.807) is 0 Å². The first kappa shape index (κ1) is 53.8. The summed E-state index contributed by atoms with van der Waals surface area (Å²) < 4.78 is 303. The molecule has 400 valence electrons. The van der Waals surface area contributed by atoms with Crippen LogP contribution in [0.5, 0.6) is 0 Å². The Morgan fingerprint density at radius 3 is 0.974 bits per heavy atom. The summed E-state index contributed by atoms with van der Waals surface area (Å²) in [7, 11) is 0. The van der Waals surface area contributed by atoms with Crippen LogP contribution >= 0.6 is 0 Å². The summed E-state index contributed by atoms with van der Waals surface area (Å²) in [5, 5.41) is 0. The van der Waals surface area contributed by atoms with Crippen molar-refractivity contribution in [3.8, 4) is 44.5 Å². The average molecular weight is 1100 g/mol. The standard InChI is InChI=1S/C52H25F21N4/c53-45(54,50(67,68)51(69,70)52(71,72)73)32-23-39-42(26-5-13-30(14-6-26)48(61,62)63)37-20-19-35(75-37)40(24-1-9-28(10-2-24)46(55,56)57)33-17-18-34(74-33)41(25-3-11-29(12-4-25)47(58,59)60)36-21-22-38(76-36)43(44(32)77-39)27-7-15-31(16-8-27)49(64,65)66/h1-23,75,77H. The fourth-order valence-corrected chi connectivity index (χ4v) is 8.59. The van der Waals surface area contributed by atoms with Gasteiger partial charge in [0.25, 0.3) is 0 Å². The minimum absolute atomic E-state index is 0.0416. The highest BCUT2D eigenvalue weighted by Crippen LogP contribution is 2.58. The van der Waals surface area contributed by atoms with E-state index >= 15 is 17.6 Å². The van der Waals surface area contributed by atoms with Gasteiger partial charge < -0.3 is 9.97 Å². The summed E-state index contributed by atoms with van der Waals surface area (Å²) in [6.45, 7) is 0. The van der Waals surface area contributed by atoms with Crippen molar-refractivity contribution < 1.29 is 92.2 Å². The van der Waals surface area contributed by atoms with Gasteiger partial charge in [0, 0.05) is 38.8 Å². The number of rotatable bonds is 7. The first-order valence-electron chi connectivity index (χ1n) is 21.7. The van der Waals surface area contributed by atoms with Gasteiger partial charge in [-0.15, -0.1) is 0 Å². The van der Waals surface area contributed by atoms with E-state index in [1.165, 1.54) is 18.2 Å². The summed E-state index contributed by atoms with van der Waals surface area (Å²) in [6, 6.07) is 12.8. The molecule has 4 nitrogen and oxygen atoms in total. The molecule has 0 fully saturated rings. The Morgan fingerprint density at radius 2 is 0.610 bits per heavy atom. The number of nitrogens with zero attached hydrogens (tertiary/aromatic N) is 2. The largest absolute Gasteiger partial charge is 0.460 e. The lowest BCUT2D eigenvalue weighted by Gasteiger charge is -2.33. The van der Waals surface area contributed by atoms with Crippen LogP contribution in [-0.2, 0) is 30.6 Å². The Labute approximate surface area is 416 Å². The summed E-state index contributed by atoms with van der Waals surface area (Å²) in [5.41, 5.74) is -15.4. The molecule has 0 spiro atoms. The third-order valence-corrected chi connectivity index (χ3v) is 12.4. The van der Waals surface area contributed by atoms with E-state index in [0.717, 1.165) is 54.6 Å². The molecule has 77 heavy (non-hydrogen) atoms. The molecule has 0 radical (unpaired) electrons. The lowest BCUT2D eigenvalue weighted by Crippen LogP contribution is -2.59. The molecule has 5 heterocycles. The van der Waals surface area contributed by atoms with Crippen molar-refractivity contribution >= 4 is 46.4 Å². The molecule has 25 heteroatoms. The fourth-order valence-electron chi connectivity index (χ4n) is 8.59. The highest BCUT2D eigenvalue weighted by Gasteiger charge is 2.82. The van der Waals surface area contributed by atoms with E-state index in [-0.39, 0.29) is 45.2 Å². The third-order valence-electron chi connectivity index (χ3n) is 12.4. The van der Waals surface area contributed by atoms with Crippen molar-refractivity contribution in [3.05, 3.63) is 166 Å². The third kappa shape index (κ3) is 9.57. The predicted molar refractivity (Wildman–Crippen MR) is 240 cm³/mol. The SMILES string of the molecule is FC(F)(F)c1ccc(-c2c3nc(c(-c4ccc(C(F)(F)F)cc4)c4ccc([nH]4)c(-c4ccc(C(F)(F)F)cc4)c4cc(C(F)(F)C(F)(F)C(F)(F)C(F)(F)F)c([nH]4)c(-c4ccc(C(F)(F)F)cc4)c4nc2C=C4)C=C3)cc1. The second kappa shape index (κ2) is 18.1. The van der Waals surface area contributed by atoms with E-state index in [9.17, 15) is 74.6 Å². The lowest BCUT2D eigenvalue weighted by molar-refractivity contribution is -0.399. The summed E-state index contributed by atoms with van der Waals surface area (Å²) in [6.07, 6.45) is -22.9. The zero-order valence-corrected chi connectivity index (χ0v) is 37.6. The number of hydrogen-bond acceptors (Lipinski definition) is 2. The van der Waals surface area contributed by atoms with Crippen molar-refractivity contribution in [2.45, 2.75) is 48.6 Å². The van der Waals surface area contributed by atoms with E-state index < -0.39 is 127 Å².